The molecule has 4 heteroatoms. The minimum atomic E-state index is 0.124. The fourth-order valence-electron chi connectivity index (χ4n) is 2.03. The van der Waals surface area contributed by atoms with Gasteiger partial charge in [-0.1, -0.05) is 47.7 Å². The molecule has 2 aromatic carbocycles. The van der Waals surface area contributed by atoms with E-state index >= 15 is 0 Å². The van der Waals surface area contributed by atoms with E-state index in [9.17, 15) is 4.79 Å². The molecule has 3 rings (SSSR count). The monoisotopic (exact) mass is 282 g/mol. The van der Waals surface area contributed by atoms with Crippen LogP contribution in [0.25, 0.3) is 11.0 Å². The predicted molar refractivity (Wildman–Crippen MR) is 82.3 cm³/mol. The zero-order valence-electron chi connectivity index (χ0n) is 11.1. The molecule has 0 aliphatic carbocycles. The van der Waals surface area contributed by atoms with Crippen molar-refractivity contribution in [3.8, 4) is 0 Å². The summed E-state index contributed by atoms with van der Waals surface area (Å²) in [5, 5.41) is 0.784. The smallest absolute Gasteiger partial charge is 0.173 e. The molecule has 0 fully saturated rings. The van der Waals surface area contributed by atoms with Gasteiger partial charge in [0.25, 0.3) is 0 Å². The van der Waals surface area contributed by atoms with E-state index in [1.165, 1.54) is 11.8 Å². The zero-order valence-corrected chi connectivity index (χ0v) is 11.9. The van der Waals surface area contributed by atoms with Crippen molar-refractivity contribution in [3.63, 3.8) is 0 Å². The molecule has 0 radical (unpaired) electrons. The Morgan fingerprint density at radius 3 is 2.85 bits per heavy atom. The molecule has 0 amide bonds. The van der Waals surface area contributed by atoms with Gasteiger partial charge in [0, 0.05) is 5.56 Å². The number of H-pyrrole nitrogens is 1. The van der Waals surface area contributed by atoms with Crippen molar-refractivity contribution < 1.29 is 4.79 Å². The minimum absolute atomic E-state index is 0.124. The van der Waals surface area contributed by atoms with Crippen molar-refractivity contribution in [2.24, 2.45) is 0 Å². The lowest BCUT2D eigenvalue weighted by molar-refractivity contribution is 0.102. The average Bonchev–Trinajstić information content (AvgIpc) is 2.87. The Morgan fingerprint density at radius 2 is 2.05 bits per heavy atom. The van der Waals surface area contributed by atoms with E-state index in [4.69, 9.17) is 0 Å². The van der Waals surface area contributed by atoms with Crippen molar-refractivity contribution in [1.29, 1.82) is 0 Å². The number of ketones is 1. The number of aromatic nitrogens is 2. The number of nitrogens with one attached hydrogen (secondary N) is 1. The molecular formula is C16H14N2OS. The van der Waals surface area contributed by atoms with Crippen molar-refractivity contribution in [2.75, 3.05) is 5.75 Å². The van der Waals surface area contributed by atoms with E-state index in [1.807, 2.05) is 55.5 Å². The van der Waals surface area contributed by atoms with Crippen molar-refractivity contribution in [1.82, 2.24) is 9.97 Å². The van der Waals surface area contributed by atoms with Crippen LogP contribution in [0.3, 0.4) is 0 Å². The van der Waals surface area contributed by atoms with Crippen LogP contribution in [-0.4, -0.2) is 21.5 Å². The van der Waals surface area contributed by atoms with E-state index in [2.05, 4.69) is 9.97 Å². The third kappa shape index (κ3) is 2.75. The molecule has 1 heterocycles. The molecule has 3 nitrogen and oxygen atoms in total. The Hall–Kier alpha value is -2.07. The molecule has 0 saturated carbocycles. The second kappa shape index (κ2) is 5.51. The van der Waals surface area contributed by atoms with Gasteiger partial charge in [-0.05, 0) is 25.1 Å². The maximum absolute atomic E-state index is 12.1. The molecule has 0 aliphatic heterocycles. The highest BCUT2D eigenvalue weighted by atomic mass is 32.2. The van der Waals surface area contributed by atoms with Gasteiger partial charge in [-0.2, -0.15) is 0 Å². The Bertz CT molecular complexity index is 731. The summed E-state index contributed by atoms with van der Waals surface area (Å²) >= 11 is 1.44. The van der Waals surface area contributed by atoms with Crippen LogP contribution >= 0.6 is 11.8 Å². The van der Waals surface area contributed by atoms with Gasteiger partial charge in [0.05, 0.1) is 16.8 Å². The minimum Gasteiger partial charge on any atom is -0.333 e. The first kappa shape index (κ1) is 12.9. The molecule has 0 unspecified atom stereocenters. The third-order valence-corrected chi connectivity index (χ3v) is 3.92. The first-order chi connectivity index (χ1) is 9.72. The van der Waals surface area contributed by atoms with Gasteiger partial charge in [0.2, 0.25) is 0 Å². The van der Waals surface area contributed by atoms with Gasteiger partial charge in [-0.3, -0.25) is 4.79 Å². The van der Waals surface area contributed by atoms with Crippen LogP contribution in [0.5, 0.6) is 0 Å². The number of rotatable bonds is 4. The Kier molecular flexibility index (Phi) is 3.56. The summed E-state index contributed by atoms with van der Waals surface area (Å²) in [7, 11) is 0. The molecule has 3 aromatic rings. The standard InChI is InChI=1S/C16H14N2OS/c1-11-5-4-6-12(9-11)15(19)10-20-16-17-13-7-2-3-8-14(13)18-16/h2-9H,10H2,1H3,(H,17,18). The third-order valence-electron chi connectivity index (χ3n) is 3.05. The largest absolute Gasteiger partial charge is 0.333 e. The number of carbonyl (C=O) groups excluding carboxylic acids is 1. The van der Waals surface area contributed by atoms with Crippen LogP contribution in [0.1, 0.15) is 15.9 Å². The summed E-state index contributed by atoms with van der Waals surface area (Å²) in [6.07, 6.45) is 0. The number of nitrogens with zero attached hydrogens (tertiary/aromatic N) is 1. The van der Waals surface area contributed by atoms with Crippen LogP contribution in [0.15, 0.2) is 53.7 Å². The molecule has 0 saturated heterocycles. The number of benzene rings is 2. The number of thioether (sulfide) groups is 1. The van der Waals surface area contributed by atoms with E-state index in [-0.39, 0.29) is 5.78 Å². The van der Waals surface area contributed by atoms with E-state index in [0.717, 1.165) is 27.3 Å². The van der Waals surface area contributed by atoms with Gasteiger partial charge >= 0.3 is 0 Å². The highest BCUT2D eigenvalue weighted by Gasteiger charge is 2.09. The topological polar surface area (TPSA) is 45.8 Å². The fourth-order valence-corrected chi connectivity index (χ4v) is 2.81. The first-order valence-corrected chi connectivity index (χ1v) is 7.38. The summed E-state index contributed by atoms with van der Waals surface area (Å²) in [5.41, 5.74) is 3.79. The average molecular weight is 282 g/mol. The summed E-state index contributed by atoms with van der Waals surface area (Å²) in [6.45, 7) is 1.99. The highest BCUT2D eigenvalue weighted by molar-refractivity contribution is 7.99. The number of imidazole rings is 1. The van der Waals surface area contributed by atoms with Crippen LogP contribution < -0.4 is 0 Å². The first-order valence-electron chi connectivity index (χ1n) is 6.40. The lowest BCUT2D eigenvalue weighted by Gasteiger charge is -2.00. The maximum atomic E-state index is 12.1. The molecule has 20 heavy (non-hydrogen) atoms. The van der Waals surface area contributed by atoms with Gasteiger partial charge in [0.1, 0.15) is 0 Å². The zero-order chi connectivity index (χ0) is 13.9. The van der Waals surface area contributed by atoms with Crippen LogP contribution in [-0.2, 0) is 0 Å². The van der Waals surface area contributed by atoms with Gasteiger partial charge in [0.15, 0.2) is 10.9 Å². The lowest BCUT2D eigenvalue weighted by atomic mass is 10.1. The molecular weight excluding hydrogens is 268 g/mol. The normalized spacial score (nSPS) is 10.8. The number of Topliss-reactive ketones (excluding diaryl/α,β-unsaturated/α-hetero) is 1. The predicted octanol–water partition coefficient (Wildman–Crippen LogP) is 3.85. The Morgan fingerprint density at radius 1 is 1.20 bits per heavy atom. The quantitative estimate of drug-likeness (QED) is 0.584. The number of carbonyl (C=O) groups is 1. The molecule has 0 spiro atoms. The van der Waals surface area contributed by atoms with Gasteiger partial charge in [-0.15, -0.1) is 0 Å². The van der Waals surface area contributed by atoms with E-state index in [0.29, 0.717) is 5.75 Å². The molecule has 1 N–H and O–H groups in total. The lowest BCUT2D eigenvalue weighted by Crippen LogP contribution is -2.02. The second-order valence-corrected chi connectivity index (χ2v) is 5.60. The van der Waals surface area contributed by atoms with Gasteiger partial charge in [-0.25, -0.2) is 4.98 Å². The SMILES string of the molecule is Cc1cccc(C(=O)CSc2nc3ccccc3[nH]2)c1. The number of aromatic amines is 1. The number of fused-ring (bicyclic) bond motifs is 1. The molecule has 100 valence electrons. The van der Waals surface area contributed by atoms with E-state index in [1.54, 1.807) is 0 Å². The summed E-state index contributed by atoms with van der Waals surface area (Å²) in [5.74, 6) is 0.516. The fraction of sp³-hybridized carbons (Fsp3) is 0.125. The molecule has 0 aliphatic rings. The number of hydrogen-bond donors (Lipinski definition) is 1. The van der Waals surface area contributed by atoms with E-state index < -0.39 is 0 Å². The van der Waals surface area contributed by atoms with Crippen LogP contribution in [0.4, 0.5) is 0 Å². The summed E-state index contributed by atoms with van der Waals surface area (Å²) < 4.78 is 0. The van der Waals surface area contributed by atoms with Crippen molar-refractivity contribution in [2.45, 2.75) is 12.1 Å². The van der Waals surface area contributed by atoms with Crippen LogP contribution in [0.2, 0.25) is 0 Å². The number of para-hydroxylation sites is 2. The number of hydrogen-bond acceptors (Lipinski definition) is 3. The number of aryl methyl sites for hydroxylation is 1. The van der Waals surface area contributed by atoms with Crippen molar-refractivity contribution >= 4 is 28.6 Å². The van der Waals surface area contributed by atoms with Gasteiger partial charge < -0.3 is 4.98 Å². The maximum Gasteiger partial charge on any atom is 0.173 e. The molecule has 1 aromatic heterocycles. The highest BCUT2D eigenvalue weighted by Crippen LogP contribution is 2.20. The van der Waals surface area contributed by atoms with Crippen molar-refractivity contribution in [3.05, 3.63) is 59.7 Å². The summed E-state index contributed by atoms with van der Waals surface area (Å²) in [6, 6.07) is 15.5. The second-order valence-electron chi connectivity index (χ2n) is 4.64. The molecule has 0 bridgehead atoms. The Balaban J connectivity index is 1.71. The molecule has 0 atom stereocenters. The Labute approximate surface area is 121 Å². The summed E-state index contributed by atoms with van der Waals surface area (Å²) in [4.78, 5) is 19.8. The van der Waals surface area contributed by atoms with Crippen LogP contribution in [0, 0.1) is 6.92 Å².